The van der Waals surface area contributed by atoms with Crippen molar-refractivity contribution in [2.45, 2.75) is 59.1 Å². The second-order valence-corrected chi connectivity index (χ2v) is 9.45. The summed E-state index contributed by atoms with van der Waals surface area (Å²) in [5.74, 6) is 1.24. The predicted octanol–water partition coefficient (Wildman–Crippen LogP) is 5.77. The van der Waals surface area contributed by atoms with Gasteiger partial charge in [0, 0.05) is 31.7 Å². The van der Waals surface area contributed by atoms with E-state index in [0.29, 0.717) is 43.2 Å². The number of nitrogens with one attached hydrogen (secondary N) is 1. The summed E-state index contributed by atoms with van der Waals surface area (Å²) in [4.78, 5) is 29.1. The van der Waals surface area contributed by atoms with E-state index in [1.165, 1.54) is 0 Å². The summed E-state index contributed by atoms with van der Waals surface area (Å²) in [5.41, 5.74) is 0.828. The van der Waals surface area contributed by atoms with Crippen LogP contribution in [0.5, 0.6) is 11.5 Å². The van der Waals surface area contributed by atoms with Crippen LogP contribution in [0.3, 0.4) is 0 Å². The van der Waals surface area contributed by atoms with Crippen LogP contribution in [0, 0.1) is 0 Å². The minimum atomic E-state index is -0.526. The van der Waals surface area contributed by atoms with Crippen LogP contribution in [0.1, 0.15) is 57.8 Å². The number of para-hydroxylation sites is 1. The van der Waals surface area contributed by atoms with Crippen molar-refractivity contribution < 1.29 is 19.1 Å². The molecule has 184 valence electrons. The molecule has 0 radical (unpaired) electrons. The molecule has 1 saturated heterocycles. The minimum absolute atomic E-state index is 0.0245. The Balaban J connectivity index is 1.79. The predicted molar refractivity (Wildman–Crippen MR) is 135 cm³/mol. The van der Waals surface area contributed by atoms with Gasteiger partial charge in [-0.2, -0.15) is 0 Å². The molecule has 1 heterocycles. The molecule has 1 fully saturated rings. The third-order valence-corrected chi connectivity index (χ3v) is 5.78. The van der Waals surface area contributed by atoms with E-state index in [0.717, 1.165) is 18.5 Å². The molecule has 0 saturated carbocycles. The van der Waals surface area contributed by atoms with Crippen molar-refractivity contribution in [3.8, 4) is 11.5 Å². The number of amides is 2. The maximum Gasteiger partial charge on any atom is 0.410 e. The van der Waals surface area contributed by atoms with Gasteiger partial charge >= 0.3 is 6.09 Å². The van der Waals surface area contributed by atoms with Crippen LogP contribution in [0.15, 0.2) is 48.5 Å². The summed E-state index contributed by atoms with van der Waals surface area (Å²) < 4.78 is 11.7. The smallest absolute Gasteiger partial charge is 0.410 e. The highest BCUT2D eigenvalue weighted by Gasteiger charge is 2.32. The van der Waals surface area contributed by atoms with Gasteiger partial charge in [0.05, 0.1) is 11.7 Å². The standard InChI is InChI=1S/C27H37N3O4/c1-6-29(7-2)25(31)20-15-16-23(24(18-20)33-22-13-9-8-10-14-22)28-19-21-12-11-17-30(21)26(32)34-27(3,4)5/h8-10,13-16,18,21,28H,6-7,11-12,17,19H2,1-5H3/t21-/m0/s1. The summed E-state index contributed by atoms with van der Waals surface area (Å²) in [5, 5.41) is 3.45. The number of benzene rings is 2. The van der Waals surface area contributed by atoms with Gasteiger partial charge in [0.1, 0.15) is 11.4 Å². The van der Waals surface area contributed by atoms with Crippen molar-refractivity contribution in [3.63, 3.8) is 0 Å². The molecule has 2 aromatic rings. The first kappa shape index (κ1) is 25.4. The van der Waals surface area contributed by atoms with E-state index in [4.69, 9.17) is 9.47 Å². The molecule has 0 bridgehead atoms. The number of carbonyl (C=O) groups is 2. The van der Waals surface area contributed by atoms with Gasteiger partial charge in [0.2, 0.25) is 0 Å². The molecule has 0 aromatic heterocycles. The van der Waals surface area contributed by atoms with Gasteiger partial charge in [0.25, 0.3) is 5.91 Å². The summed E-state index contributed by atoms with van der Waals surface area (Å²) in [6.07, 6.45) is 1.56. The molecule has 2 aromatic carbocycles. The second kappa shape index (κ2) is 11.3. The fraction of sp³-hybridized carbons (Fsp3) is 0.481. The number of carbonyl (C=O) groups excluding carboxylic acids is 2. The van der Waals surface area contributed by atoms with Gasteiger partial charge in [-0.1, -0.05) is 18.2 Å². The van der Waals surface area contributed by atoms with Gasteiger partial charge in [-0.05, 0) is 77.8 Å². The van der Waals surface area contributed by atoms with E-state index in [-0.39, 0.29) is 18.0 Å². The van der Waals surface area contributed by atoms with Crippen LogP contribution in [0.4, 0.5) is 10.5 Å². The quantitative estimate of drug-likeness (QED) is 0.533. The zero-order chi connectivity index (χ0) is 24.7. The van der Waals surface area contributed by atoms with Crippen LogP contribution >= 0.6 is 0 Å². The molecule has 34 heavy (non-hydrogen) atoms. The lowest BCUT2D eigenvalue weighted by atomic mass is 10.1. The van der Waals surface area contributed by atoms with Crippen molar-refractivity contribution in [3.05, 3.63) is 54.1 Å². The molecule has 1 N–H and O–H groups in total. The summed E-state index contributed by atoms with van der Waals surface area (Å²) in [7, 11) is 0. The molecular formula is C27H37N3O4. The Hall–Kier alpha value is -3.22. The lowest BCUT2D eigenvalue weighted by Crippen LogP contribution is -2.42. The van der Waals surface area contributed by atoms with Crippen LogP contribution in [-0.2, 0) is 4.74 Å². The molecule has 3 rings (SSSR count). The molecule has 0 spiro atoms. The molecule has 0 unspecified atom stereocenters. The molecule has 1 aliphatic heterocycles. The van der Waals surface area contributed by atoms with Crippen LogP contribution < -0.4 is 10.1 Å². The molecule has 0 aliphatic carbocycles. The Bertz CT molecular complexity index is 968. The van der Waals surface area contributed by atoms with Crippen LogP contribution in [0.25, 0.3) is 0 Å². The lowest BCUT2D eigenvalue weighted by molar-refractivity contribution is 0.0235. The summed E-state index contributed by atoms with van der Waals surface area (Å²) >= 11 is 0. The first-order chi connectivity index (χ1) is 16.2. The number of nitrogens with zero attached hydrogens (tertiary/aromatic N) is 2. The highest BCUT2D eigenvalue weighted by molar-refractivity contribution is 5.95. The molecule has 1 aliphatic rings. The van der Waals surface area contributed by atoms with E-state index in [9.17, 15) is 9.59 Å². The lowest BCUT2D eigenvalue weighted by Gasteiger charge is -2.29. The first-order valence-electron chi connectivity index (χ1n) is 12.1. The van der Waals surface area contributed by atoms with E-state index < -0.39 is 5.60 Å². The normalized spacial score (nSPS) is 15.7. The topological polar surface area (TPSA) is 71.1 Å². The molecular weight excluding hydrogens is 430 g/mol. The maximum atomic E-state index is 12.9. The van der Waals surface area contributed by atoms with E-state index in [1.807, 2.05) is 77.1 Å². The van der Waals surface area contributed by atoms with E-state index in [2.05, 4.69) is 5.32 Å². The third-order valence-electron chi connectivity index (χ3n) is 5.78. The zero-order valence-corrected chi connectivity index (χ0v) is 21.0. The average Bonchev–Trinajstić information content (AvgIpc) is 3.27. The maximum absolute atomic E-state index is 12.9. The number of anilines is 1. The van der Waals surface area contributed by atoms with E-state index >= 15 is 0 Å². The van der Waals surface area contributed by atoms with Crippen molar-refractivity contribution in [1.82, 2.24) is 9.80 Å². The highest BCUT2D eigenvalue weighted by atomic mass is 16.6. The average molecular weight is 468 g/mol. The van der Waals surface area contributed by atoms with E-state index in [1.54, 1.807) is 15.9 Å². The molecule has 2 amide bonds. The fourth-order valence-electron chi connectivity index (χ4n) is 4.03. The number of likely N-dealkylation sites (tertiary alicyclic amines) is 1. The number of hydrogen-bond acceptors (Lipinski definition) is 5. The second-order valence-electron chi connectivity index (χ2n) is 9.45. The van der Waals surface area contributed by atoms with Gasteiger partial charge < -0.3 is 24.6 Å². The van der Waals surface area contributed by atoms with Gasteiger partial charge in [-0.3, -0.25) is 4.79 Å². The third kappa shape index (κ3) is 6.65. The number of hydrogen-bond donors (Lipinski definition) is 1. The van der Waals surface area contributed by atoms with Gasteiger partial charge in [-0.25, -0.2) is 4.79 Å². The Morgan fingerprint density at radius 1 is 1.09 bits per heavy atom. The van der Waals surface area contributed by atoms with Gasteiger partial charge in [-0.15, -0.1) is 0 Å². The SMILES string of the molecule is CCN(CC)C(=O)c1ccc(NC[C@@H]2CCCN2C(=O)OC(C)(C)C)c(Oc2ccccc2)c1. The Kier molecular flexibility index (Phi) is 8.42. The molecule has 1 atom stereocenters. The summed E-state index contributed by atoms with van der Waals surface area (Å²) in [6, 6.07) is 15.0. The Labute approximate surface area is 203 Å². The zero-order valence-electron chi connectivity index (χ0n) is 21.0. The van der Waals surface area contributed by atoms with Crippen LogP contribution in [0.2, 0.25) is 0 Å². The van der Waals surface area contributed by atoms with Crippen molar-refractivity contribution in [1.29, 1.82) is 0 Å². The monoisotopic (exact) mass is 467 g/mol. The fourth-order valence-corrected chi connectivity index (χ4v) is 4.03. The Morgan fingerprint density at radius 3 is 2.44 bits per heavy atom. The van der Waals surface area contributed by atoms with Crippen LogP contribution in [-0.4, -0.2) is 59.6 Å². The first-order valence-corrected chi connectivity index (χ1v) is 12.1. The minimum Gasteiger partial charge on any atom is -0.455 e. The van der Waals surface area contributed by atoms with Gasteiger partial charge in [0.15, 0.2) is 5.75 Å². The molecule has 7 heteroatoms. The Morgan fingerprint density at radius 2 is 1.79 bits per heavy atom. The largest absolute Gasteiger partial charge is 0.455 e. The highest BCUT2D eigenvalue weighted by Crippen LogP contribution is 2.32. The van der Waals surface area contributed by atoms with Crippen molar-refractivity contribution in [2.75, 3.05) is 31.5 Å². The van der Waals surface area contributed by atoms with Crippen molar-refractivity contribution in [2.24, 2.45) is 0 Å². The number of ether oxygens (including phenoxy) is 2. The number of rotatable bonds is 8. The van der Waals surface area contributed by atoms with Crippen molar-refractivity contribution >= 4 is 17.7 Å². The summed E-state index contributed by atoms with van der Waals surface area (Å²) in [6.45, 7) is 12.1. The molecule has 7 nitrogen and oxygen atoms in total.